The summed E-state index contributed by atoms with van der Waals surface area (Å²) in [5, 5.41) is 0. The number of aliphatic imine (C=N–C) groups is 1. The maximum absolute atomic E-state index is 13.6. The number of nitrogens with zero attached hydrogens (tertiary/aromatic N) is 3. The molecular weight excluding hydrogens is 720 g/mol. The van der Waals surface area contributed by atoms with Crippen LogP contribution in [-0.4, -0.2) is 10.8 Å². The Kier molecular flexibility index (Phi) is 9.09. The van der Waals surface area contributed by atoms with E-state index in [1.807, 2.05) is 0 Å². The van der Waals surface area contributed by atoms with Crippen LogP contribution in [0.5, 0.6) is 0 Å². The van der Waals surface area contributed by atoms with Crippen LogP contribution in [0.15, 0.2) is 72.0 Å². The highest BCUT2D eigenvalue weighted by atomic mass is 19.4. The summed E-state index contributed by atoms with van der Waals surface area (Å²) in [7, 11) is 0. The fourth-order valence-corrected chi connectivity index (χ4v) is 4.26. The van der Waals surface area contributed by atoms with Crippen LogP contribution in [0.3, 0.4) is 0 Å². The van der Waals surface area contributed by atoms with Gasteiger partial charge in [0.05, 0.1) is 39.1 Å². The molecule has 3 aromatic carbocycles. The highest BCUT2D eigenvalue weighted by molar-refractivity contribution is 5.78. The molecule has 0 fully saturated rings. The van der Waals surface area contributed by atoms with Crippen LogP contribution in [0.4, 0.5) is 84.7 Å². The van der Waals surface area contributed by atoms with Gasteiger partial charge in [-0.15, -0.1) is 0 Å². The van der Waals surface area contributed by atoms with Crippen molar-refractivity contribution in [2.24, 2.45) is 4.99 Å². The van der Waals surface area contributed by atoms with Gasteiger partial charge in [0.25, 0.3) is 0 Å². The molecule has 3 nitrogen and oxygen atoms in total. The molecule has 0 N–H and O–H groups in total. The number of rotatable bonds is 4. The van der Waals surface area contributed by atoms with Gasteiger partial charge >= 0.3 is 42.9 Å². The molecule has 264 valence electrons. The SMILES string of the molecule is FC(F)(F)c1cc(N=Cc2n(-c3cc(C(F)(F)F)cc(C(F)(F)F)c3)cc[n+]2-c2cc(C(F)(F)F)cc(C(F)(F)F)c2)cc(C(F)(F)F)c1. The van der Waals surface area contributed by atoms with E-state index in [1.165, 1.54) is 0 Å². The molecule has 0 amide bonds. The summed E-state index contributed by atoms with van der Waals surface area (Å²) < 4.78 is 244. The number of benzene rings is 3. The van der Waals surface area contributed by atoms with Gasteiger partial charge in [0.2, 0.25) is 0 Å². The maximum Gasteiger partial charge on any atom is 0.416 e. The summed E-state index contributed by atoms with van der Waals surface area (Å²) in [5.74, 6) is -1.02. The third-order valence-electron chi connectivity index (χ3n) is 6.46. The van der Waals surface area contributed by atoms with E-state index in [2.05, 4.69) is 4.99 Å². The molecule has 0 saturated heterocycles. The summed E-state index contributed by atoms with van der Waals surface area (Å²) in [5.41, 5.74) is -15.0. The Hall–Kier alpha value is -4.72. The maximum atomic E-state index is 13.6. The molecule has 21 heteroatoms. The second-order valence-corrected chi connectivity index (χ2v) is 9.95. The van der Waals surface area contributed by atoms with Crippen molar-refractivity contribution in [3.05, 3.63) is 106 Å². The smallest absolute Gasteiger partial charge is 0.248 e. The predicted molar refractivity (Wildman–Crippen MR) is 131 cm³/mol. The lowest BCUT2D eigenvalue weighted by Gasteiger charge is -2.14. The van der Waals surface area contributed by atoms with Crippen molar-refractivity contribution in [1.82, 2.24) is 4.57 Å². The van der Waals surface area contributed by atoms with Crippen molar-refractivity contribution < 1.29 is 83.6 Å². The van der Waals surface area contributed by atoms with E-state index in [1.54, 1.807) is 0 Å². The van der Waals surface area contributed by atoms with E-state index in [0.717, 1.165) is 0 Å². The van der Waals surface area contributed by atoms with E-state index in [4.69, 9.17) is 0 Å². The van der Waals surface area contributed by atoms with Gasteiger partial charge in [-0.25, -0.2) is 4.99 Å². The largest absolute Gasteiger partial charge is 0.416 e. The van der Waals surface area contributed by atoms with Crippen molar-refractivity contribution in [1.29, 1.82) is 0 Å². The Labute approximate surface area is 260 Å². The van der Waals surface area contributed by atoms with Crippen molar-refractivity contribution in [3.63, 3.8) is 0 Å². The van der Waals surface area contributed by atoms with E-state index < -0.39 is 93.3 Å². The van der Waals surface area contributed by atoms with Gasteiger partial charge in [-0.05, 0) is 54.6 Å². The normalized spacial score (nSPS) is 13.8. The van der Waals surface area contributed by atoms with Gasteiger partial charge in [0.15, 0.2) is 0 Å². The molecular formula is C28H12F18N3+. The Morgan fingerprint density at radius 1 is 0.449 bits per heavy atom. The van der Waals surface area contributed by atoms with E-state index in [0.29, 0.717) is 21.5 Å². The molecule has 0 aliphatic heterocycles. The van der Waals surface area contributed by atoms with Crippen molar-refractivity contribution >= 4 is 11.9 Å². The summed E-state index contributed by atoms with van der Waals surface area (Å²) in [6.07, 6.45) is -31.3. The van der Waals surface area contributed by atoms with Crippen molar-refractivity contribution in [2.45, 2.75) is 37.1 Å². The van der Waals surface area contributed by atoms with Crippen LogP contribution in [0, 0.1) is 0 Å². The standard InChI is InChI=1S/C28H12F18N3/c29-23(30,31)13-3-14(24(32,33)34)7-19(6-13)47-12-22-48(20-8-15(25(35,36)37)4-16(9-20)26(38,39)40)1-2-49(22)21-10-17(27(41,42)43)5-18(11-21)28(44,45)46/h1-12H/q+1. The van der Waals surface area contributed by atoms with Crippen LogP contribution in [0.25, 0.3) is 11.4 Å². The summed E-state index contributed by atoms with van der Waals surface area (Å²) in [6.45, 7) is 0. The van der Waals surface area contributed by atoms with Gasteiger partial charge in [-0.3, -0.25) is 0 Å². The molecule has 0 aliphatic rings. The number of imidazole rings is 1. The first-order valence-corrected chi connectivity index (χ1v) is 12.6. The molecule has 0 radical (unpaired) electrons. The molecule has 0 saturated carbocycles. The number of aromatic nitrogens is 2. The van der Waals surface area contributed by atoms with Gasteiger partial charge in [0.1, 0.15) is 30.0 Å². The monoisotopic (exact) mass is 732 g/mol. The number of hydrogen-bond acceptors (Lipinski definition) is 1. The summed E-state index contributed by atoms with van der Waals surface area (Å²) in [6, 6.07) is -0.552. The molecule has 4 rings (SSSR count). The lowest BCUT2D eigenvalue weighted by Crippen LogP contribution is -2.35. The van der Waals surface area contributed by atoms with Crippen LogP contribution < -0.4 is 4.57 Å². The van der Waals surface area contributed by atoms with Gasteiger partial charge in [-0.1, -0.05) is 0 Å². The van der Waals surface area contributed by atoms with Gasteiger partial charge in [-0.2, -0.15) is 88.2 Å². The third kappa shape index (κ3) is 8.48. The second-order valence-electron chi connectivity index (χ2n) is 9.95. The number of alkyl halides is 18. The first-order valence-electron chi connectivity index (χ1n) is 12.6. The highest BCUT2D eigenvalue weighted by Gasteiger charge is 2.41. The Morgan fingerprint density at radius 3 is 1.12 bits per heavy atom. The molecule has 0 atom stereocenters. The predicted octanol–water partition coefficient (Wildman–Crippen LogP) is 10.6. The Bertz CT molecular complexity index is 1690. The second kappa shape index (κ2) is 12.0. The van der Waals surface area contributed by atoms with Gasteiger partial charge < -0.3 is 0 Å². The van der Waals surface area contributed by atoms with Gasteiger partial charge in [0, 0.05) is 0 Å². The minimum absolute atomic E-state index is 0.0431. The molecule has 49 heavy (non-hydrogen) atoms. The van der Waals surface area contributed by atoms with Crippen LogP contribution in [0.2, 0.25) is 0 Å². The third-order valence-corrected chi connectivity index (χ3v) is 6.46. The van der Waals surface area contributed by atoms with Crippen LogP contribution in [0.1, 0.15) is 39.2 Å². The number of halogens is 18. The highest BCUT2D eigenvalue weighted by Crippen LogP contribution is 2.40. The van der Waals surface area contributed by atoms with E-state index in [9.17, 15) is 79.0 Å². The topological polar surface area (TPSA) is 21.2 Å². The fraction of sp³-hybridized carbons (Fsp3) is 0.214. The Balaban J connectivity index is 2.08. The number of hydrogen-bond donors (Lipinski definition) is 0. The zero-order valence-corrected chi connectivity index (χ0v) is 23.1. The summed E-state index contributed by atoms with van der Waals surface area (Å²) in [4.78, 5) is 3.40. The average Bonchev–Trinajstić information content (AvgIpc) is 3.36. The lowest BCUT2D eigenvalue weighted by molar-refractivity contribution is -0.596. The molecule has 4 aromatic rings. The first-order chi connectivity index (χ1) is 22.0. The summed E-state index contributed by atoms with van der Waals surface area (Å²) >= 11 is 0. The van der Waals surface area contributed by atoms with E-state index in [-0.39, 0.29) is 60.8 Å². The minimum atomic E-state index is -5.46. The fourth-order valence-electron chi connectivity index (χ4n) is 4.26. The zero-order chi connectivity index (χ0) is 37.1. The zero-order valence-electron chi connectivity index (χ0n) is 23.1. The molecule has 0 aliphatic carbocycles. The first kappa shape index (κ1) is 37.1. The molecule has 1 heterocycles. The molecule has 0 spiro atoms. The van der Waals surface area contributed by atoms with Crippen LogP contribution >= 0.6 is 0 Å². The molecule has 0 bridgehead atoms. The molecule has 0 unspecified atom stereocenters. The lowest BCUT2D eigenvalue weighted by atomic mass is 10.1. The quantitative estimate of drug-likeness (QED) is 0.113. The Morgan fingerprint density at radius 2 is 0.776 bits per heavy atom. The van der Waals surface area contributed by atoms with Crippen molar-refractivity contribution in [3.8, 4) is 11.4 Å². The van der Waals surface area contributed by atoms with Crippen LogP contribution in [-0.2, 0) is 37.1 Å². The minimum Gasteiger partial charge on any atom is -0.248 e. The van der Waals surface area contributed by atoms with Crippen molar-refractivity contribution in [2.75, 3.05) is 0 Å². The molecule has 1 aromatic heterocycles. The average molecular weight is 732 g/mol. The van der Waals surface area contributed by atoms with E-state index >= 15 is 0 Å².